The van der Waals surface area contributed by atoms with Gasteiger partial charge in [-0.15, -0.1) is 11.3 Å². The van der Waals surface area contributed by atoms with E-state index < -0.39 is 0 Å². The van der Waals surface area contributed by atoms with Crippen molar-refractivity contribution in [2.24, 2.45) is 0 Å². The molecule has 0 atom stereocenters. The second-order valence-corrected chi connectivity index (χ2v) is 6.96. The predicted octanol–water partition coefficient (Wildman–Crippen LogP) is 3.21. The van der Waals surface area contributed by atoms with Gasteiger partial charge in [-0.2, -0.15) is 0 Å². The molecule has 2 heterocycles. The third kappa shape index (κ3) is 4.35. The van der Waals surface area contributed by atoms with E-state index in [9.17, 15) is 4.79 Å². The molecular weight excluding hydrogens is 355 g/mol. The lowest BCUT2D eigenvalue weighted by Gasteiger charge is -2.35. The molecule has 0 spiro atoms. The van der Waals surface area contributed by atoms with Crippen LogP contribution in [0.25, 0.3) is 0 Å². The number of hydrogen-bond acceptors (Lipinski definition) is 5. The number of carbonyl (C=O) groups excluding carboxylic acids is 1. The van der Waals surface area contributed by atoms with Crippen LogP contribution in [-0.4, -0.2) is 48.5 Å². The second-order valence-electron chi connectivity index (χ2n) is 5.25. The van der Waals surface area contributed by atoms with Gasteiger partial charge in [-0.1, -0.05) is 23.2 Å². The summed E-state index contributed by atoms with van der Waals surface area (Å²) in [4.78, 5) is 20.4. The highest BCUT2D eigenvalue weighted by Crippen LogP contribution is 2.27. The van der Waals surface area contributed by atoms with E-state index >= 15 is 0 Å². The van der Waals surface area contributed by atoms with E-state index in [0.29, 0.717) is 21.7 Å². The maximum atomic E-state index is 12.0. The third-order valence-electron chi connectivity index (χ3n) is 3.69. The molecule has 0 saturated carbocycles. The largest absolute Gasteiger partial charge is 0.369 e. The zero-order valence-corrected chi connectivity index (χ0v) is 14.7. The number of thiazole rings is 1. The van der Waals surface area contributed by atoms with Crippen molar-refractivity contribution in [1.29, 1.82) is 0 Å². The monoisotopic (exact) mass is 370 g/mol. The van der Waals surface area contributed by atoms with Gasteiger partial charge in [0.1, 0.15) is 0 Å². The number of carbonyl (C=O) groups is 1. The smallest absolute Gasteiger partial charge is 0.240 e. The van der Waals surface area contributed by atoms with Crippen molar-refractivity contribution >= 4 is 51.3 Å². The molecule has 0 unspecified atom stereocenters. The van der Waals surface area contributed by atoms with Crippen molar-refractivity contribution < 1.29 is 4.79 Å². The van der Waals surface area contributed by atoms with Gasteiger partial charge in [0.2, 0.25) is 5.91 Å². The molecule has 122 valence electrons. The Morgan fingerprint density at radius 2 is 2.00 bits per heavy atom. The van der Waals surface area contributed by atoms with Crippen LogP contribution in [0.5, 0.6) is 0 Å². The van der Waals surface area contributed by atoms with Crippen LogP contribution < -0.4 is 10.2 Å². The Hall–Kier alpha value is -1.34. The van der Waals surface area contributed by atoms with Gasteiger partial charge < -0.3 is 10.2 Å². The SMILES string of the molecule is O=C(CN1CCN(c2ccc(Cl)c(Cl)c2)CC1)Nc1nccs1. The topological polar surface area (TPSA) is 48.5 Å². The molecule has 1 aliphatic rings. The first-order valence-electron chi connectivity index (χ1n) is 7.23. The van der Waals surface area contributed by atoms with Crippen molar-refractivity contribution in [1.82, 2.24) is 9.88 Å². The first kappa shape index (κ1) is 16.5. The summed E-state index contributed by atoms with van der Waals surface area (Å²) in [6.07, 6.45) is 1.68. The summed E-state index contributed by atoms with van der Waals surface area (Å²) in [5, 5.41) is 6.42. The minimum Gasteiger partial charge on any atom is -0.369 e. The summed E-state index contributed by atoms with van der Waals surface area (Å²) < 4.78 is 0. The lowest BCUT2D eigenvalue weighted by Crippen LogP contribution is -2.48. The predicted molar refractivity (Wildman–Crippen MR) is 95.9 cm³/mol. The molecule has 1 aromatic carbocycles. The molecule has 3 rings (SSSR count). The molecular formula is C15H16Cl2N4OS. The maximum Gasteiger partial charge on any atom is 0.240 e. The summed E-state index contributed by atoms with van der Waals surface area (Å²) in [6.45, 7) is 3.73. The second kappa shape index (κ2) is 7.49. The molecule has 1 aliphatic heterocycles. The molecule has 1 N–H and O–H groups in total. The quantitative estimate of drug-likeness (QED) is 0.897. The van der Waals surface area contributed by atoms with Crippen molar-refractivity contribution in [3.8, 4) is 0 Å². The number of piperazine rings is 1. The Labute approximate surface area is 148 Å². The van der Waals surface area contributed by atoms with Gasteiger partial charge in [0.05, 0.1) is 16.6 Å². The van der Waals surface area contributed by atoms with Gasteiger partial charge in [-0.25, -0.2) is 4.98 Å². The van der Waals surface area contributed by atoms with E-state index in [1.807, 2.05) is 23.6 Å². The summed E-state index contributed by atoms with van der Waals surface area (Å²) in [7, 11) is 0. The fourth-order valence-corrected chi connectivity index (χ4v) is 3.33. The van der Waals surface area contributed by atoms with Crippen LogP contribution in [-0.2, 0) is 4.79 Å². The standard InChI is InChI=1S/C15H16Cl2N4OS/c16-12-2-1-11(9-13(12)17)21-6-4-20(5-7-21)10-14(22)19-15-18-3-8-23-15/h1-3,8-9H,4-7,10H2,(H,18,19,22). The van der Waals surface area contributed by atoms with Gasteiger partial charge in [-0.3, -0.25) is 9.69 Å². The fourth-order valence-electron chi connectivity index (χ4n) is 2.49. The van der Waals surface area contributed by atoms with Crippen LogP contribution in [0.4, 0.5) is 10.8 Å². The lowest BCUT2D eigenvalue weighted by molar-refractivity contribution is -0.117. The highest BCUT2D eigenvalue weighted by Gasteiger charge is 2.20. The Morgan fingerprint density at radius 1 is 1.22 bits per heavy atom. The van der Waals surface area contributed by atoms with Gasteiger partial charge in [0.25, 0.3) is 0 Å². The van der Waals surface area contributed by atoms with Crippen LogP contribution in [0.15, 0.2) is 29.8 Å². The summed E-state index contributed by atoms with van der Waals surface area (Å²) >= 11 is 13.4. The minimum absolute atomic E-state index is 0.0251. The van der Waals surface area contributed by atoms with Crippen LogP contribution in [0.2, 0.25) is 10.0 Å². The number of hydrogen-bond donors (Lipinski definition) is 1. The number of benzene rings is 1. The molecule has 0 radical (unpaired) electrons. The number of anilines is 2. The Balaban J connectivity index is 1.50. The molecule has 2 aromatic rings. The first-order valence-corrected chi connectivity index (χ1v) is 8.87. The number of halogens is 2. The average molecular weight is 371 g/mol. The van der Waals surface area contributed by atoms with Crippen LogP contribution >= 0.6 is 34.5 Å². The molecule has 8 heteroatoms. The number of aromatic nitrogens is 1. The van der Waals surface area contributed by atoms with E-state index in [-0.39, 0.29) is 5.91 Å². The van der Waals surface area contributed by atoms with Crippen LogP contribution in [0.1, 0.15) is 0 Å². The van der Waals surface area contributed by atoms with Gasteiger partial charge >= 0.3 is 0 Å². The fraction of sp³-hybridized carbons (Fsp3) is 0.333. The molecule has 23 heavy (non-hydrogen) atoms. The van der Waals surface area contributed by atoms with Crippen molar-refractivity contribution in [3.63, 3.8) is 0 Å². The summed E-state index contributed by atoms with van der Waals surface area (Å²) in [5.41, 5.74) is 1.06. The van der Waals surface area contributed by atoms with Gasteiger partial charge in [0.15, 0.2) is 5.13 Å². The number of rotatable bonds is 4. The molecule has 1 fully saturated rings. The van der Waals surface area contributed by atoms with E-state index in [4.69, 9.17) is 23.2 Å². The molecule has 0 bridgehead atoms. The van der Waals surface area contributed by atoms with E-state index in [1.165, 1.54) is 11.3 Å². The van der Waals surface area contributed by atoms with Crippen LogP contribution in [0, 0.1) is 0 Å². The lowest BCUT2D eigenvalue weighted by atomic mass is 10.2. The Bertz CT molecular complexity index is 672. The molecule has 5 nitrogen and oxygen atoms in total. The molecule has 1 saturated heterocycles. The highest BCUT2D eigenvalue weighted by molar-refractivity contribution is 7.13. The minimum atomic E-state index is -0.0251. The molecule has 0 aliphatic carbocycles. The normalized spacial score (nSPS) is 15.7. The van der Waals surface area contributed by atoms with Crippen molar-refractivity contribution in [2.45, 2.75) is 0 Å². The van der Waals surface area contributed by atoms with Gasteiger partial charge in [-0.05, 0) is 18.2 Å². The maximum absolute atomic E-state index is 12.0. The van der Waals surface area contributed by atoms with Crippen molar-refractivity contribution in [2.75, 3.05) is 42.9 Å². The summed E-state index contributed by atoms with van der Waals surface area (Å²) in [5.74, 6) is -0.0251. The summed E-state index contributed by atoms with van der Waals surface area (Å²) in [6, 6.07) is 5.67. The van der Waals surface area contributed by atoms with Gasteiger partial charge in [0, 0.05) is 43.4 Å². The third-order valence-corrected chi connectivity index (χ3v) is 5.11. The highest BCUT2D eigenvalue weighted by atomic mass is 35.5. The van der Waals surface area contributed by atoms with Crippen LogP contribution in [0.3, 0.4) is 0 Å². The first-order chi connectivity index (χ1) is 11.1. The zero-order valence-electron chi connectivity index (χ0n) is 12.3. The molecule has 1 aromatic heterocycles. The average Bonchev–Trinajstić information content (AvgIpc) is 3.03. The van der Waals surface area contributed by atoms with E-state index in [1.54, 1.807) is 6.20 Å². The number of amides is 1. The molecule has 1 amide bonds. The van der Waals surface area contributed by atoms with Crippen molar-refractivity contribution in [3.05, 3.63) is 39.8 Å². The number of nitrogens with zero attached hydrogens (tertiary/aromatic N) is 3. The van der Waals surface area contributed by atoms with E-state index in [2.05, 4.69) is 20.1 Å². The zero-order chi connectivity index (χ0) is 16.2. The van der Waals surface area contributed by atoms with E-state index in [0.717, 1.165) is 31.9 Å². The Kier molecular flexibility index (Phi) is 5.38. The Morgan fingerprint density at radius 3 is 2.65 bits per heavy atom. The number of nitrogens with one attached hydrogen (secondary N) is 1.